The third-order valence-electron chi connectivity index (χ3n) is 3.77. The Bertz CT molecular complexity index is 862. The van der Waals surface area contributed by atoms with Crippen LogP contribution in [0.1, 0.15) is 16.7 Å². The molecule has 1 heterocycles. The van der Waals surface area contributed by atoms with E-state index in [0.717, 1.165) is 16.7 Å². The van der Waals surface area contributed by atoms with Gasteiger partial charge in [0.1, 0.15) is 12.3 Å². The van der Waals surface area contributed by atoms with E-state index in [0.29, 0.717) is 16.5 Å². The first-order valence-corrected chi connectivity index (χ1v) is 7.80. The number of hydrogen-bond donors (Lipinski definition) is 0. The molecule has 2 aromatic carbocycles. The zero-order valence-corrected chi connectivity index (χ0v) is 13.4. The Morgan fingerprint density at radius 3 is 2.92 bits per heavy atom. The van der Waals surface area contributed by atoms with E-state index in [1.807, 2.05) is 48.5 Å². The number of hydrazone groups is 1. The van der Waals surface area contributed by atoms with E-state index in [1.165, 1.54) is 5.01 Å². The lowest BCUT2D eigenvalue weighted by Crippen LogP contribution is -2.34. The second-order valence-electron chi connectivity index (χ2n) is 5.40. The van der Waals surface area contributed by atoms with Crippen molar-refractivity contribution in [1.29, 1.82) is 0 Å². The predicted molar refractivity (Wildman–Crippen MR) is 90.4 cm³/mol. The lowest BCUT2D eigenvalue weighted by Gasteiger charge is -2.23. The Balaban J connectivity index is 1.51. The van der Waals surface area contributed by atoms with E-state index >= 15 is 0 Å². The first kappa shape index (κ1) is 14.8. The van der Waals surface area contributed by atoms with Gasteiger partial charge < -0.3 is 9.47 Å². The third kappa shape index (κ3) is 2.74. The average molecular weight is 341 g/mol. The number of allylic oxidation sites excluding steroid dienone is 1. The second-order valence-corrected chi connectivity index (χ2v) is 5.84. The summed E-state index contributed by atoms with van der Waals surface area (Å²) in [5.74, 6) is 0.638. The molecule has 5 nitrogen and oxygen atoms in total. The second kappa shape index (κ2) is 6.02. The normalized spacial score (nSPS) is 15.0. The fraction of sp³-hybridized carbons (Fsp3) is 0.111. The van der Waals surface area contributed by atoms with Crippen LogP contribution in [0.4, 0.5) is 4.79 Å². The highest BCUT2D eigenvalue weighted by Crippen LogP contribution is 2.31. The van der Waals surface area contributed by atoms with E-state index in [1.54, 1.807) is 6.07 Å². The number of carbonyl (C=O) groups excluding carboxylic acids is 1. The van der Waals surface area contributed by atoms with Crippen LogP contribution in [0.15, 0.2) is 59.4 Å². The van der Waals surface area contributed by atoms with Crippen LogP contribution in [-0.2, 0) is 16.1 Å². The molecule has 0 spiro atoms. The number of carbonyl (C=O) groups is 1. The summed E-state index contributed by atoms with van der Waals surface area (Å²) in [6, 6.07) is 15.0. The maximum Gasteiger partial charge on any atom is 0.433 e. The molecule has 24 heavy (non-hydrogen) atoms. The number of nitrogens with zero attached hydrogens (tertiary/aromatic N) is 2. The molecule has 0 radical (unpaired) electrons. The van der Waals surface area contributed by atoms with Crippen molar-refractivity contribution >= 4 is 29.5 Å². The van der Waals surface area contributed by atoms with Crippen LogP contribution in [0.5, 0.6) is 0 Å². The number of fused-ring (bicyclic) bond motifs is 3. The fourth-order valence-electron chi connectivity index (χ4n) is 2.59. The van der Waals surface area contributed by atoms with Gasteiger partial charge in [-0.15, -0.1) is 0 Å². The van der Waals surface area contributed by atoms with Gasteiger partial charge in [-0.25, -0.2) is 4.79 Å². The molecule has 1 amide bonds. The Kier molecular flexibility index (Phi) is 3.70. The van der Waals surface area contributed by atoms with Crippen molar-refractivity contribution in [2.24, 2.45) is 5.10 Å². The summed E-state index contributed by atoms with van der Waals surface area (Å²) in [6.07, 6.45) is 1.32. The minimum absolute atomic E-state index is 0.0185. The molecule has 0 fully saturated rings. The Hall–Kier alpha value is -2.79. The van der Waals surface area contributed by atoms with Crippen LogP contribution in [-0.4, -0.2) is 23.5 Å². The smallest absolute Gasteiger partial charge is 0.433 e. The number of ether oxygens (including phenoxy) is 2. The highest BCUT2D eigenvalue weighted by molar-refractivity contribution is 6.31. The van der Waals surface area contributed by atoms with E-state index in [9.17, 15) is 4.79 Å². The quantitative estimate of drug-likeness (QED) is 0.829. The molecule has 2 aliphatic rings. The zero-order chi connectivity index (χ0) is 16.5. The maximum absolute atomic E-state index is 12.2. The maximum atomic E-state index is 12.2. The summed E-state index contributed by atoms with van der Waals surface area (Å²) in [4.78, 5) is 12.2. The summed E-state index contributed by atoms with van der Waals surface area (Å²) in [7, 11) is 0. The molecule has 6 heteroatoms. The Morgan fingerprint density at radius 1 is 1.25 bits per heavy atom. The highest BCUT2D eigenvalue weighted by Gasteiger charge is 2.30. The average Bonchev–Trinajstić information content (AvgIpc) is 2.97. The van der Waals surface area contributed by atoms with Crippen LogP contribution >= 0.6 is 11.6 Å². The first-order valence-electron chi connectivity index (χ1n) is 7.42. The van der Waals surface area contributed by atoms with Crippen molar-refractivity contribution in [3.05, 3.63) is 76.0 Å². The van der Waals surface area contributed by atoms with Gasteiger partial charge in [-0.3, -0.25) is 0 Å². The Labute approximate surface area is 143 Å². The van der Waals surface area contributed by atoms with E-state index in [4.69, 9.17) is 21.1 Å². The lowest BCUT2D eigenvalue weighted by atomic mass is 10.1. The van der Waals surface area contributed by atoms with Crippen LogP contribution in [0, 0.1) is 0 Å². The van der Waals surface area contributed by atoms with Crippen molar-refractivity contribution in [3.63, 3.8) is 0 Å². The molecule has 4 rings (SSSR count). The molecular weight excluding hydrogens is 328 g/mol. The zero-order valence-electron chi connectivity index (χ0n) is 12.6. The van der Waals surface area contributed by atoms with Crippen LogP contribution in [0.2, 0.25) is 5.02 Å². The van der Waals surface area contributed by atoms with Gasteiger partial charge in [-0.2, -0.15) is 10.1 Å². The standard InChI is InChI=1S/C18H13ClN2O3/c19-14-6-7-15-13(8-14)9-16-17(15)20-21(11-24-16)18(22)23-10-12-4-2-1-3-5-12/h1-9H,10-11H2. The van der Waals surface area contributed by atoms with E-state index < -0.39 is 6.09 Å². The largest absolute Gasteiger partial charge is 0.469 e. The summed E-state index contributed by atoms with van der Waals surface area (Å²) in [5, 5.41) is 6.19. The SMILES string of the molecule is O=C(OCc1ccccc1)N1COC2=Cc3cc(Cl)ccc3C2=N1. The molecule has 2 aromatic rings. The van der Waals surface area contributed by atoms with E-state index in [2.05, 4.69) is 5.10 Å². The van der Waals surface area contributed by atoms with Gasteiger partial charge in [-0.1, -0.05) is 48.0 Å². The van der Waals surface area contributed by atoms with Gasteiger partial charge in [0.05, 0.1) is 0 Å². The molecular formula is C18H13ClN2O3. The molecule has 1 aliphatic heterocycles. The van der Waals surface area contributed by atoms with Crippen LogP contribution in [0.3, 0.4) is 0 Å². The number of halogens is 1. The number of hydrogen-bond acceptors (Lipinski definition) is 4. The number of amides is 1. The van der Waals surface area contributed by atoms with Crippen molar-refractivity contribution in [2.75, 3.05) is 6.73 Å². The van der Waals surface area contributed by atoms with Gasteiger partial charge in [0.2, 0.25) is 0 Å². The van der Waals surface area contributed by atoms with Crippen molar-refractivity contribution in [2.45, 2.75) is 6.61 Å². The lowest BCUT2D eigenvalue weighted by molar-refractivity contribution is 0.0422. The summed E-state index contributed by atoms with van der Waals surface area (Å²) in [6.45, 7) is 0.209. The van der Waals surface area contributed by atoms with Crippen molar-refractivity contribution in [3.8, 4) is 0 Å². The summed E-state index contributed by atoms with van der Waals surface area (Å²) < 4.78 is 10.9. The molecule has 0 atom stereocenters. The Morgan fingerprint density at radius 2 is 2.08 bits per heavy atom. The predicted octanol–water partition coefficient (Wildman–Crippen LogP) is 4.03. The molecule has 0 bridgehead atoms. The monoisotopic (exact) mass is 340 g/mol. The molecule has 120 valence electrons. The minimum Gasteiger partial charge on any atom is -0.469 e. The van der Waals surface area contributed by atoms with Crippen LogP contribution < -0.4 is 0 Å². The number of benzene rings is 2. The molecule has 0 saturated heterocycles. The molecule has 0 saturated carbocycles. The fourth-order valence-corrected chi connectivity index (χ4v) is 2.77. The minimum atomic E-state index is -0.548. The van der Waals surface area contributed by atoms with E-state index in [-0.39, 0.29) is 13.3 Å². The number of rotatable bonds is 2. The topological polar surface area (TPSA) is 51.1 Å². The molecule has 0 N–H and O–H groups in total. The van der Waals surface area contributed by atoms with Crippen molar-refractivity contribution < 1.29 is 14.3 Å². The summed E-state index contributed by atoms with van der Waals surface area (Å²) >= 11 is 6.00. The molecule has 1 aliphatic carbocycles. The first-order chi connectivity index (χ1) is 11.7. The van der Waals surface area contributed by atoms with Gasteiger partial charge in [0.15, 0.2) is 12.5 Å². The molecule has 0 unspecified atom stereocenters. The summed E-state index contributed by atoms with van der Waals surface area (Å²) in [5.41, 5.74) is 3.34. The molecule has 0 aromatic heterocycles. The van der Waals surface area contributed by atoms with Gasteiger partial charge in [-0.05, 0) is 29.3 Å². The van der Waals surface area contributed by atoms with Gasteiger partial charge in [0, 0.05) is 10.6 Å². The van der Waals surface area contributed by atoms with Crippen molar-refractivity contribution in [1.82, 2.24) is 5.01 Å². The van der Waals surface area contributed by atoms with Gasteiger partial charge >= 0.3 is 6.09 Å². The highest BCUT2D eigenvalue weighted by atomic mass is 35.5. The third-order valence-corrected chi connectivity index (χ3v) is 4.00. The van der Waals surface area contributed by atoms with Gasteiger partial charge in [0.25, 0.3) is 0 Å². The van der Waals surface area contributed by atoms with Crippen LogP contribution in [0.25, 0.3) is 6.08 Å².